The van der Waals surface area contributed by atoms with E-state index in [0.717, 1.165) is 0 Å². The molecule has 0 bridgehead atoms. The summed E-state index contributed by atoms with van der Waals surface area (Å²) in [6, 6.07) is 8.26. The molecule has 0 aliphatic carbocycles. The largest absolute Gasteiger partial charge is 0.496 e. The number of hydrogen-bond acceptors (Lipinski definition) is 5. The van der Waals surface area contributed by atoms with Gasteiger partial charge in [-0.1, -0.05) is 17.7 Å². The zero-order valence-corrected chi connectivity index (χ0v) is 13.5. The molecule has 4 N–H and O–H groups in total. The molecule has 1 heterocycles. The zero-order valence-electron chi connectivity index (χ0n) is 12.0. The molecule has 0 radical (unpaired) electrons. The molecule has 9 heteroatoms. The van der Waals surface area contributed by atoms with E-state index in [0.29, 0.717) is 28.2 Å². The number of carbonyl (C=O) groups excluding carboxylic acids is 1. The molecule has 3 rings (SSSR count). The fraction of sp³-hybridized carbons (Fsp3) is 0.0714. The number of benzene rings is 2. The number of nitrogen functional groups attached to an aromatic ring is 1. The molecule has 0 saturated heterocycles. The molecular weight excluding hydrogens is 341 g/mol. The normalized spacial score (nSPS) is 10.2. The number of aromatic nitrogens is 3. The zero-order chi connectivity index (χ0) is 15.7. The number of fused-ring (bicyclic) bond motifs is 1. The van der Waals surface area contributed by atoms with Gasteiger partial charge in [-0.15, -0.1) is 12.4 Å². The van der Waals surface area contributed by atoms with E-state index >= 15 is 0 Å². The van der Waals surface area contributed by atoms with Crippen LogP contribution in [0.4, 0.5) is 11.4 Å². The van der Waals surface area contributed by atoms with Crippen LogP contribution in [0, 0.1) is 0 Å². The lowest BCUT2D eigenvalue weighted by Crippen LogP contribution is -2.14. The summed E-state index contributed by atoms with van der Waals surface area (Å²) in [6.45, 7) is 0. The van der Waals surface area contributed by atoms with Crippen molar-refractivity contribution in [3.05, 3.63) is 40.9 Å². The van der Waals surface area contributed by atoms with Crippen LogP contribution >= 0.6 is 24.0 Å². The Morgan fingerprint density at radius 1 is 1.35 bits per heavy atom. The predicted octanol–water partition coefficient (Wildman–Crippen LogP) is 2.88. The van der Waals surface area contributed by atoms with Gasteiger partial charge in [0.25, 0.3) is 5.91 Å². The van der Waals surface area contributed by atoms with Crippen LogP contribution in [-0.2, 0) is 0 Å². The second-order valence-corrected chi connectivity index (χ2v) is 4.93. The highest BCUT2D eigenvalue weighted by atomic mass is 35.5. The number of hydrogen-bond donors (Lipinski definition) is 3. The second kappa shape index (κ2) is 6.72. The summed E-state index contributed by atoms with van der Waals surface area (Å²) in [5.41, 5.74) is 8.09. The SMILES string of the molecule is COc1cc(N)c(Cl)cc1C(=O)Nc1cccc2n[nH]nc12.Cl. The number of para-hydroxylation sites is 1. The monoisotopic (exact) mass is 353 g/mol. The van der Waals surface area contributed by atoms with Crippen molar-refractivity contribution in [3.8, 4) is 5.75 Å². The lowest BCUT2D eigenvalue weighted by Gasteiger charge is -2.11. The predicted molar refractivity (Wildman–Crippen MR) is 91.5 cm³/mol. The van der Waals surface area contributed by atoms with E-state index in [1.54, 1.807) is 18.2 Å². The summed E-state index contributed by atoms with van der Waals surface area (Å²) >= 11 is 5.98. The topological polar surface area (TPSA) is 106 Å². The Hall–Kier alpha value is -2.51. The Morgan fingerprint density at radius 2 is 2.13 bits per heavy atom. The number of methoxy groups -OCH3 is 1. The number of aromatic amines is 1. The standard InChI is InChI=1S/C14H12ClN5O2.ClH/c1-22-12-6-9(16)8(15)5-7(12)14(21)17-10-3-2-4-11-13(10)19-20-18-11;/h2-6H,16H2,1H3,(H,17,21)(H,18,19,20);1H. The third-order valence-electron chi connectivity index (χ3n) is 3.16. The van der Waals surface area contributed by atoms with Gasteiger partial charge in [0.15, 0.2) is 0 Å². The summed E-state index contributed by atoms with van der Waals surface area (Å²) < 4.78 is 5.18. The van der Waals surface area contributed by atoms with Gasteiger partial charge >= 0.3 is 0 Å². The number of nitrogens with zero attached hydrogens (tertiary/aromatic N) is 2. The molecule has 0 fully saturated rings. The Balaban J connectivity index is 0.00000192. The molecule has 0 spiro atoms. The highest BCUT2D eigenvalue weighted by Crippen LogP contribution is 2.30. The summed E-state index contributed by atoms with van der Waals surface area (Å²) in [7, 11) is 1.46. The third-order valence-corrected chi connectivity index (χ3v) is 3.49. The van der Waals surface area contributed by atoms with Crippen LogP contribution in [-0.4, -0.2) is 28.4 Å². The number of nitrogens with two attached hydrogens (primary N) is 1. The van der Waals surface area contributed by atoms with Gasteiger partial charge in [-0.2, -0.15) is 15.4 Å². The first-order valence-corrected chi connectivity index (χ1v) is 6.72. The van der Waals surface area contributed by atoms with E-state index < -0.39 is 0 Å². The van der Waals surface area contributed by atoms with Crippen molar-refractivity contribution < 1.29 is 9.53 Å². The van der Waals surface area contributed by atoms with Gasteiger partial charge in [0.05, 0.1) is 29.1 Å². The summed E-state index contributed by atoms with van der Waals surface area (Å²) in [5.74, 6) is -0.0408. The van der Waals surface area contributed by atoms with Crippen LogP contribution in [0.25, 0.3) is 11.0 Å². The minimum absolute atomic E-state index is 0. The molecule has 0 aliphatic heterocycles. The molecule has 2 aromatic carbocycles. The van der Waals surface area contributed by atoms with Gasteiger partial charge in [-0.25, -0.2) is 0 Å². The molecular formula is C14H13Cl2N5O2. The third kappa shape index (κ3) is 3.15. The quantitative estimate of drug-likeness (QED) is 0.627. The molecule has 0 unspecified atom stereocenters. The van der Waals surface area contributed by atoms with Crippen LogP contribution in [0.2, 0.25) is 5.02 Å². The molecule has 7 nitrogen and oxygen atoms in total. The van der Waals surface area contributed by atoms with Crippen LogP contribution in [0.3, 0.4) is 0 Å². The first kappa shape index (κ1) is 16.9. The Kier molecular flexibility index (Phi) is 4.92. The lowest BCUT2D eigenvalue weighted by atomic mass is 10.1. The fourth-order valence-corrected chi connectivity index (χ4v) is 2.24. The number of rotatable bonds is 3. The van der Waals surface area contributed by atoms with E-state index in [2.05, 4.69) is 20.7 Å². The molecule has 23 heavy (non-hydrogen) atoms. The Labute approximate surface area is 142 Å². The smallest absolute Gasteiger partial charge is 0.259 e. The second-order valence-electron chi connectivity index (χ2n) is 4.53. The summed E-state index contributed by atoms with van der Waals surface area (Å²) in [5, 5.41) is 13.5. The maximum absolute atomic E-state index is 12.5. The molecule has 1 amide bonds. The van der Waals surface area contributed by atoms with Gasteiger partial charge in [-0.3, -0.25) is 4.79 Å². The molecule has 0 aliphatic rings. The van der Waals surface area contributed by atoms with E-state index in [4.69, 9.17) is 22.1 Å². The van der Waals surface area contributed by atoms with Gasteiger partial charge in [0, 0.05) is 6.07 Å². The van der Waals surface area contributed by atoms with Gasteiger partial charge < -0.3 is 15.8 Å². The van der Waals surface area contributed by atoms with Crippen molar-refractivity contribution in [2.45, 2.75) is 0 Å². The van der Waals surface area contributed by atoms with Crippen molar-refractivity contribution >= 4 is 52.3 Å². The number of carbonyl (C=O) groups is 1. The number of ether oxygens (including phenoxy) is 1. The molecule has 0 saturated carbocycles. The van der Waals surface area contributed by atoms with E-state index in [1.165, 1.54) is 19.2 Å². The van der Waals surface area contributed by atoms with Gasteiger partial charge in [-0.05, 0) is 18.2 Å². The average molecular weight is 354 g/mol. The van der Waals surface area contributed by atoms with Crippen LogP contribution in [0.5, 0.6) is 5.75 Å². The minimum Gasteiger partial charge on any atom is -0.496 e. The number of H-pyrrole nitrogens is 1. The van der Waals surface area contributed by atoms with Crippen molar-refractivity contribution in [1.82, 2.24) is 15.4 Å². The highest BCUT2D eigenvalue weighted by Gasteiger charge is 2.16. The van der Waals surface area contributed by atoms with E-state index in [1.807, 2.05) is 0 Å². The van der Waals surface area contributed by atoms with Gasteiger partial charge in [0.1, 0.15) is 16.8 Å². The lowest BCUT2D eigenvalue weighted by molar-refractivity contribution is 0.102. The summed E-state index contributed by atoms with van der Waals surface area (Å²) in [4.78, 5) is 12.5. The number of halogens is 2. The van der Waals surface area contributed by atoms with Crippen molar-refractivity contribution in [3.63, 3.8) is 0 Å². The maximum Gasteiger partial charge on any atom is 0.259 e. The number of nitrogens with one attached hydrogen (secondary N) is 2. The van der Waals surface area contributed by atoms with Crippen LogP contribution in [0.1, 0.15) is 10.4 Å². The van der Waals surface area contributed by atoms with Crippen molar-refractivity contribution in [2.24, 2.45) is 0 Å². The molecule has 3 aromatic rings. The molecule has 1 aromatic heterocycles. The number of amides is 1. The summed E-state index contributed by atoms with van der Waals surface area (Å²) in [6.07, 6.45) is 0. The molecule has 0 atom stereocenters. The van der Waals surface area contributed by atoms with Crippen molar-refractivity contribution in [1.29, 1.82) is 0 Å². The first-order valence-electron chi connectivity index (χ1n) is 6.34. The Bertz CT molecular complexity index is 865. The molecule has 120 valence electrons. The maximum atomic E-state index is 12.5. The van der Waals surface area contributed by atoms with Gasteiger partial charge in [0.2, 0.25) is 0 Å². The average Bonchev–Trinajstić information content (AvgIpc) is 2.99. The first-order chi connectivity index (χ1) is 10.6. The number of anilines is 2. The van der Waals surface area contributed by atoms with E-state index in [-0.39, 0.29) is 28.9 Å². The Morgan fingerprint density at radius 3 is 2.87 bits per heavy atom. The van der Waals surface area contributed by atoms with Crippen LogP contribution in [0.15, 0.2) is 30.3 Å². The fourth-order valence-electron chi connectivity index (χ4n) is 2.07. The van der Waals surface area contributed by atoms with E-state index in [9.17, 15) is 4.79 Å². The highest BCUT2D eigenvalue weighted by molar-refractivity contribution is 6.33. The minimum atomic E-state index is -0.380. The van der Waals surface area contributed by atoms with Crippen LogP contribution < -0.4 is 15.8 Å². The van der Waals surface area contributed by atoms with Crippen molar-refractivity contribution in [2.75, 3.05) is 18.2 Å².